The van der Waals surface area contributed by atoms with Crippen LogP contribution in [-0.2, 0) is 4.74 Å². The highest BCUT2D eigenvalue weighted by atomic mass is 32.1. The van der Waals surface area contributed by atoms with E-state index in [1.807, 2.05) is 63.2 Å². The molecule has 156 valence electrons. The number of benzene rings is 2. The molecule has 0 unspecified atom stereocenters. The monoisotopic (exact) mass is 431 g/mol. The number of methoxy groups -OCH3 is 1. The number of aryl methyl sites for hydroxylation is 2. The second-order valence-electron chi connectivity index (χ2n) is 7.42. The van der Waals surface area contributed by atoms with E-state index in [2.05, 4.69) is 4.98 Å². The summed E-state index contributed by atoms with van der Waals surface area (Å²) in [6, 6.07) is 15.2. The van der Waals surface area contributed by atoms with E-state index < -0.39 is 11.5 Å². The molecule has 31 heavy (non-hydrogen) atoms. The van der Waals surface area contributed by atoms with Crippen LogP contribution >= 0.6 is 12.2 Å². The highest BCUT2D eigenvalue weighted by Gasteiger charge is 2.21. The van der Waals surface area contributed by atoms with E-state index in [9.17, 15) is 9.59 Å². The maximum atomic E-state index is 12.9. The van der Waals surface area contributed by atoms with Crippen molar-refractivity contribution in [3.63, 3.8) is 0 Å². The Morgan fingerprint density at radius 2 is 1.81 bits per heavy atom. The minimum atomic E-state index is -0.615. The average Bonchev–Trinajstić information content (AvgIpc) is 2.75. The number of H-pyrrole nitrogens is 1. The molecular formula is C24H21N3O3S. The van der Waals surface area contributed by atoms with Gasteiger partial charge in [-0.05, 0) is 56.2 Å². The summed E-state index contributed by atoms with van der Waals surface area (Å²) in [7, 11) is 1.29. The Morgan fingerprint density at radius 3 is 2.48 bits per heavy atom. The molecule has 0 bridgehead atoms. The fourth-order valence-corrected chi connectivity index (χ4v) is 3.85. The molecule has 0 saturated carbocycles. The van der Waals surface area contributed by atoms with Gasteiger partial charge in [0.2, 0.25) is 0 Å². The van der Waals surface area contributed by atoms with Crippen molar-refractivity contribution in [2.75, 3.05) is 7.11 Å². The van der Waals surface area contributed by atoms with E-state index in [0.717, 1.165) is 27.9 Å². The quantitative estimate of drug-likeness (QED) is 0.372. The van der Waals surface area contributed by atoms with Crippen molar-refractivity contribution in [2.45, 2.75) is 20.8 Å². The van der Waals surface area contributed by atoms with Crippen LogP contribution in [0.2, 0.25) is 0 Å². The molecule has 2 aromatic heterocycles. The van der Waals surface area contributed by atoms with Crippen LogP contribution in [0.4, 0.5) is 0 Å². The third-order valence-electron chi connectivity index (χ3n) is 5.43. The number of pyridine rings is 1. The third-order valence-corrected chi connectivity index (χ3v) is 5.72. The van der Waals surface area contributed by atoms with Crippen molar-refractivity contribution in [3.05, 3.63) is 85.9 Å². The van der Waals surface area contributed by atoms with Gasteiger partial charge in [0.15, 0.2) is 10.4 Å². The zero-order valence-corrected chi connectivity index (χ0v) is 18.5. The lowest BCUT2D eigenvalue weighted by atomic mass is 10.0. The van der Waals surface area contributed by atoms with Crippen LogP contribution in [0.3, 0.4) is 0 Å². The number of nitrogens with one attached hydrogen (secondary N) is 1. The predicted molar refractivity (Wildman–Crippen MR) is 124 cm³/mol. The molecule has 0 radical (unpaired) electrons. The normalized spacial score (nSPS) is 11.0. The van der Waals surface area contributed by atoms with Gasteiger partial charge in [-0.2, -0.15) is 0 Å². The van der Waals surface area contributed by atoms with Gasteiger partial charge in [-0.1, -0.05) is 42.0 Å². The summed E-state index contributed by atoms with van der Waals surface area (Å²) in [4.78, 5) is 33.0. The molecule has 6 nitrogen and oxygen atoms in total. The minimum Gasteiger partial charge on any atom is -0.465 e. The van der Waals surface area contributed by atoms with Crippen molar-refractivity contribution < 1.29 is 9.53 Å². The van der Waals surface area contributed by atoms with Crippen molar-refractivity contribution >= 4 is 29.2 Å². The standard InChI is InChI=1S/C24H21N3O3S/c1-13-8-10-16(11-9-13)18-12-17(23(29)30-4)20-21(25-18)27(24(31)26-22(20)28)19-7-5-6-14(2)15(19)3/h5-12H,1-4H3,(H,26,28,31). The number of aromatic nitrogens is 3. The molecular weight excluding hydrogens is 410 g/mol. The number of carbonyl (C=O) groups is 1. The van der Waals surface area contributed by atoms with Crippen molar-refractivity contribution in [2.24, 2.45) is 0 Å². The third kappa shape index (κ3) is 3.57. The molecule has 4 rings (SSSR count). The zero-order valence-electron chi connectivity index (χ0n) is 17.6. The lowest BCUT2D eigenvalue weighted by Crippen LogP contribution is -2.19. The van der Waals surface area contributed by atoms with Gasteiger partial charge < -0.3 is 4.74 Å². The number of rotatable bonds is 3. The SMILES string of the molecule is COC(=O)c1cc(-c2ccc(C)cc2)nc2c1c(=O)[nH]c(=S)n2-c1cccc(C)c1C. The summed E-state index contributed by atoms with van der Waals surface area (Å²) in [6.07, 6.45) is 0. The van der Waals surface area contributed by atoms with E-state index in [0.29, 0.717) is 11.3 Å². The second kappa shape index (κ2) is 7.92. The number of esters is 1. The molecule has 0 amide bonds. The molecule has 4 aromatic rings. The van der Waals surface area contributed by atoms with Gasteiger partial charge in [-0.25, -0.2) is 9.78 Å². The Morgan fingerprint density at radius 1 is 1.10 bits per heavy atom. The first-order valence-electron chi connectivity index (χ1n) is 9.74. The Hall–Kier alpha value is -3.58. The van der Waals surface area contributed by atoms with E-state index in [1.54, 1.807) is 10.6 Å². The first-order chi connectivity index (χ1) is 14.8. The van der Waals surface area contributed by atoms with Gasteiger partial charge in [-0.3, -0.25) is 14.3 Å². The number of carbonyl (C=O) groups excluding carboxylic acids is 1. The highest BCUT2D eigenvalue weighted by Crippen LogP contribution is 2.27. The molecule has 2 heterocycles. The summed E-state index contributed by atoms with van der Waals surface area (Å²) < 4.78 is 6.88. The summed E-state index contributed by atoms with van der Waals surface area (Å²) in [5.41, 5.74) is 5.28. The van der Waals surface area contributed by atoms with E-state index >= 15 is 0 Å². The topological polar surface area (TPSA) is 77.0 Å². The van der Waals surface area contributed by atoms with Crippen molar-refractivity contribution in [3.8, 4) is 16.9 Å². The molecule has 0 saturated heterocycles. The van der Waals surface area contributed by atoms with Crippen molar-refractivity contribution in [1.82, 2.24) is 14.5 Å². The number of ether oxygens (including phenoxy) is 1. The lowest BCUT2D eigenvalue weighted by molar-refractivity contribution is 0.0603. The zero-order chi connectivity index (χ0) is 22.3. The number of hydrogen-bond acceptors (Lipinski definition) is 5. The van der Waals surface area contributed by atoms with Gasteiger partial charge in [0.1, 0.15) is 0 Å². The van der Waals surface area contributed by atoms with Crippen LogP contribution in [-0.4, -0.2) is 27.6 Å². The smallest absolute Gasteiger partial charge is 0.338 e. The number of fused-ring (bicyclic) bond motifs is 1. The Bertz CT molecular complexity index is 1450. The van der Waals surface area contributed by atoms with E-state index in [1.165, 1.54) is 7.11 Å². The Kier molecular flexibility index (Phi) is 5.29. The molecule has 0 aliphatic heterocycles. The fraction of sp³-hybridized carbons (Fsp3) is 0.167. The Labute approximate surface area is 184 Å². The fourth-order valence-electron chi connectivity index (χ4n) is 3.57. The molecule has 0 spiro atoms. The first-order valence-corrected chi connectivity index (χ1v) is 10.1. The molecule has 0 aliphatic rings. The average molecular weight is 432 g/mol. The molecule has 1 N–H and O–H groups in total. The largest absolute Gasteiger partial charge is 0.465 e. The van der Waals surface area contributed by atoms with E-state index in [-0.39, 0.29) is 15.7 Å². The van der Waals surface area contributed by atoms with Crippen LogP contribution in [0.15, 0.2) is 53.3 Å². The van der Waals surface area contributed by atoms with Crippen LogP contribution in [0.1, 0.15) is 27.0 Å². The molecule has 2 aromatic carbocycles. The minimum absolute atomic E-state index is 0.136. The molecule has 0 atom stereocenters. The van der Waals surface area contributed by atoms with Crippen molar-refractivity contribution in [1.29, 1.82) is 0 Å². The maximum Gasteiger partial charge on any atom is 0.338 e. The van der Waals surface area contributed by atoms with E-state index in [4.69, 9.17) is 21.9 Å². The lowest BCUT2D eigenvalue weighted by Gasteiger charge is -2.16. The second-order valence-corrected chi connectivity index (χ2v) is 7.81. The number of hydrogen-bond donors (Lipinski definition) is 1. The van der Waals surface area contributed by atoms with Crippen LogP contribution < -0.4 is 5.56 Å². The number of nitrogens with zero attached hydrogens (tertiary/aromatic N) is 2. The Balaban J connectivity index is 2.19. The molecule has 0 fully saturated rings. The summed E-state index contributed by atoms with van der Waals surface area (Å²) in [6.45, 7) is 5.98. The van der Waals surface area contributed by atoms with Crippen LogP contribution in [0.5, 0.6) is 0 Å². The first kappa shape index (κ1) is 20.7. The maximum absolute atomic E-state index is 12.9. The molecule has 0 aliphatic carbocycles. The summed E-state index contributed by atoms with van der Waals surface area (Å²) >= 11 is 5.52. The number of aromatic amines is 1. The highest BCUT2D eigenvalue weighted by molar-refractivity contribution is 7.71. The predicted octanol–water partition coefficient (Wildman–Crippen LogP) is 4.82. The summed E-state index contributed by atoms with van der Waals surface area (Å²) in [5.74, 6) is -0.615. The van der Waals surface area contributed by atoms with Crippen LogP contribution in [0.25, 0.3) is 28.0 Å². The molecule has 7 heteroatoms. The van der Waals surface area contributed by atoms with Gasteiger partial charge in [-0.15, -0.1) is 0 Å². The summed E-state index contributed by atoms with van der Waals surface area (Å²) in [5, 5.41) is 0.136. The van der Waals surface area contributed by atoms with Gasteiger partial charge >= 0.3 is 5.97 Å². The van der Waals surface area contributed by atoms with Gasteiger partial charge in [0, 0.05) is 5.56 Å². The van der Waals surface area contributed by atoms with Gasteiger partial charge in [0.05, 0.1) is 29.4 Å². The van der Waals surface area contributed by atoms with Gasteiger partial charge in [0.25, 0.3) is 5.56 Å². The van der Waals surface area contributed by atoms with Crippen LogP contribution in [0, 0.1) is 25.5 Å².